The normalized spacial score (nSPS) is 10.9. The van der Waals surface area contributed by atoms with Crippen molar-refractivity contribution in [2.45, 2.75) is 18.5 Å². The number of carbonyl (C=O) groups is 1. The van der Waals surface area contributed by atoms with Crippen LogP contribution in [0.5, 0.6) is 0 Å². The second-order valence-electron chi connectivity index (χ2n) is 4.97. The molecule has 0 spiro atoms. The number of ether oxygens (including phenoxy) is 1. The van der Waals surface area contributed by atoms with E-state index in [9.17, 15) is 9.59 Å². The number of hydrogen-bond donors (Lipinski definition) is 1. The van der Waals surface area contributed by atoms with Crippen molar-refractivity contribution in [3.8, 4) is 11.1 Å². The number of esters is 1. The topological polar surface area (TPSA) is 72.0 Å². The summed E-state index contributed by atoms with van der Waals surface area (Å²) in [5.41, 5.74) is 1.74. The van der Waals surface area contributed by atoms with Gasteiger partial charge in [-0.2, -0.15) is 0 Å². The number of hydrogen-bond acceptors (Lipinski definition) is 6. The van der Waals surface area contributed by atoms with E-state index in [0.29, 0.717) is 34.2 Å². The summed E-state index contributed by atoms with van der Waals surface area (Å²) >= 11 is 2.80. The molecule has 124 valence electrons. The largest absolute Gasteiger partial charge is 0.466 e. The van der Waals surface area contributed by atoms with E-state index in [1.165, 1.54) is 23.1 Å². The summed E-state index contributed by atoms with van der Waals surface area (Å²) in [4.78, 5) is 31.8. The highest BCUT2D eigenvalue weighted by Crippen LogP contribution is 2.31. The third-order valence-corrected chi connectivity index (χ3v) is 5.10. The Morgan fingerprint density at radius 2 is 2.12 bits per heavy atom. The molecule has 5 nitrogen and oxygen atoms in total. The Hall–Kier alpha value is -2.12. The predicted molar refractivity (Wildman–Crippen MR) is 97.7 cm³/mol. The van der Waals surface area contributed by atoms with Crippen LogP contribution in [0.1, 0.15) is 13.3 Å². The molecule has 0 fully saturated rings. The first-order valence-corrected chi connectivity index (χ1v) is 9.41. The average molecular weight is 360 g/mol. The summed E-state index contributed by atoms with van der Waals surface area (Å²) in [6, 6.07) is 9.78. The van der Waals surface area contributed by atoms with Crippen LogP contribution in [0.3, 0.4) is 0 Å². The Morgan fingerprint density at radius 3 is 2.88 bits per heavy atom. The summed E-state index contributed by atoms with van der Waals surface area (Å²) in [5.74, 6) is 0.278. The fraction of sp³-hybridized carbons (Fsp3) is 0.235. The predicted octanol–water partition coefficient (Wildman–Crippen LogP) is 3.70. The van der Waals surface area contributed by atoms with Crippen LogP contribution in [0.25, 0.3) is 21.3 Å². The number of aromatic amines is 1. The molecule has 2 heterocycles. The molecule has 0 bridgehead atoms. The fourth-order valence-corrected chi connectivity index (χ4v) is 4.08. The summed E-state index contributed by atoms with van der Waals surface area (Å²) in [6.45, 7) is 2.15. The van der Waals surface area contributed by atoms with Crippen molar-refractivity contribution in [1.82, 2.24) is 9.97 Å². The van der Waals surface area contributed by atoms with Crippen LogP contribution >= 0.6 is 23.1 Å². The molecule has 0 atom stereocenters. The van der Waals surface area contributed by atoms with Crippen molar-refractivity contribution in [2.75, 3.05) is 12.4 Å². The third kappa shape index (κ3) is 3.68. The van der Waals surface area contributed by atoms with Crippen LogP contribution in [0.4, 0.5) is 0 Å². The monoisotopic (exact) mass is 360 g/mol. The number of nitrogens with zero attached hydrogens (tertiary/aromatic N) is 1. The summed E-state index contributed by atoms with van der Waals surface area (Å²) < 4.78 is 4.88. The zero-order chi connectivity index (χ0) is 16.9. The van der Waals surface area contributed by atoms with E-state index in [0.717, 1.165) is 11.1 Å². The van der Waals surface area contributed by atoms with Crippen molar-refractivity contribution in [2.24, 2.45) is 0 Å². The number of thioether (sulfide) groups is 1. The van der Waals surface area contributed by atoms with Gasteiger partial charge in [0.1, 0.15) is 4.83 Å². The first-order valence-electron chi connectivity index (χ1n) is 7.54. The number of rotatable bonds is 6. The molecular formula is C17H16N2O3S2. The van der Waals surface area contributed by atoms with E-state index in [-0.39, 0.29) is 11.5 Å². The van der Waals surface area contributed by atoms with Gasteiger partial charge in [-0.05, 0) is 12.5 Å². The highest BCUT2D eigenvalue weighted by atomic mass is 32.2. The maximum atomic E-state index is 12.5. The summed E-state index contributed by atoms with van der Waals surface area (Å²) in [5, 5.41) is 3.09. The molecule has 1 N–H and O–H groups in total. The maximum Gasteiger partial charge on any atom is 0.306 e. The number of carbonyl (C=O) groups excluding carboxylic acids is 1. The average Bonchev–Trinajstić information content (AvgIpc) is 3.00. The number of benzene rings is 1. The van der Waals surface area contributed by atoms with Gasteiger partial charge in [0, 0.05) is 16.7 Å². The van der Waals surface area contributed by atoms with Crippen molar-refractivity contribution >= 4 is 39.3 Å². The molecule has 3 aromatic rings. The lowest BCUT2D eigenvalue weighted by Gasteiger charge is -2.03. The highest BCUT2D eigenvalue weighted by molar-refractivity contribution is 7.99. The Morgan fingerprint density at radius 1 is 1.33 bits per heavy atom. The van der Waals surface area contributed by atoms with E-state index < -0.39 is 0 Å². The van der Waals surface area contributed by atoms with Gasteiger partial charge in [-0.1, -0.05) is 42.1 Å². The summed E-state index contributed by atoms with van der Waals surface area (Å²) in [6.07, 6.45) is 0.292. The molecule has 0 unspecified atom stereocenters. The van der Waals surface area contributed by atoms with Gasteiger partial charge in [-0.25, -0.2) is 4.98 Å². The second-order valence-corrected chi connectivity index (χ2v) is 6.91. The number of nitrogens with one attached hydrogen (secondary N) is 1. The van der Waals surface area contributed by atoms with Gasteiger partial charge in [0.2, 0.25) is 0 Å². The number of H-pyrrole nitrogens is 1. The number of fused-ring (bicyclic) bond motifs is 1. The first-order chi connectivity index (χ1) is 11.7. The van der Waals surface area contributed by atoms with Crippen LogP contribution < -0.4 is 5.56 Å². The Balaban J connectivity index is 1.82. The van der Waals surface area contributed by atoms with Crippen molar-refractivity contribution in [3.05, 3.63) is 46.1 Å². The van der Waals surface area contributed by atoms with Gasteiger partial charge < -0.3 is 9.72 Å². The van der Waals surface area contributed by atoms with Gasteiger partial charge in [-0.15, -0.1) is 11.3 Å². The standard InChI is InChI=1S/C17H16N2O3S2/c1-2-22-13(20)8-9-23-17-18-15(21)14-12(10-24-16(14)19-17)11-6-4-3-5-7-11/h3-7,10H,2,8-9H2,1H3,(H,18,19,21). The highest BCUT2D eigenvalue weighted by Gasteiger charge is 2.13. The molecule has 0 saturated carbocycles. The Kier molecular flexibility index (Phi) is 5.32. The lowest BCUT2D eigenvalue weighted by atomic mass is 10.1. The number of thiophene rings is 1. The van der Waals surface area contributed by atoms with Crippen molar-refractivity contribution in [3.63, 3.8) is 0 Å². The maximum absolute atomic E-state index is 12.5. The van der Waals surface area contributed by atoms with Crippen LogP contribution in [0, 0.1) is 0 Å². The third-order valence-electron chi connectivity index (χ3n) is 3.36. The van der Waals surface area contributed by atoms with E-state index in [1.807, 2.05) is 35.7 Å². The zero-order valence-corrected chi connectivity index (χ0v) is 14.7. The van der Waals surface area contributed by atoms with Crippen molar-refractivity contribution in [1.29, 1.82) is 0 Å². The zero-order valence-electron chi connectivity index (χ0n) is 13.1. The molecule has 7 heteroatoms. The lowest BCUT2D eigenvalue weighted by molar-refractivity contribution is -0.142. The molecule has 0 radical (unpaired) electrons. The Labute approximate surface area is 147 Å². The quantitative estimate of drug-likeness (QED) is 0.412. The molecule has 1 aromatic carbocycles. The molecule has 0 amide bonds. The molecule has 0 aliphatic carbocycles. The van der Waals surface area contributed by atoms with E-state index in [4.69, 9.17) is 4.74 Å². The second kappa shape index (κ2) is 7.63. The first kappa shape index (κ1) is 16.7. The van der Waals surface area contributed by atoms with Gasteiger partial charge in [0.25, 0.3) is 5.56 Å². The van der Waals surface area contributed by atoms with E-state index >= 15 is 0 Å². The SMILES string of the molecule is CCOC(=O)CCSc1nc2scc(-c3ccccc3)c2c(=O)[nH]1. The fourth-order valence-electron chi connectivity index (χ4n) is 2.29. The van der Waals surface area contributed by atoms with Gasteiger partial charge in [0.05, 0.1) is 18.4 Å². The molecule has 3 rings (SSSR count). The molecule has 0 saturated heterocycles. The van der Waals surface area contributed by atoms with Crippen LogP contribution in [0.15, 0.2) is 45.7 Å². The van der Waals surface area contributed by atoms with Gasteiger partial charge in [0.15, 0.2) is 5.16 Å². The van der Waals surface area contributed by atoms with Crippen LogP contribution in [0.2, 0.25) is 0 Å². The molecule has 0 aliphatic rings. The van der Waals surface area contributed by atoms with Crippen molar-refractivity contribution < 1.29 is 9.53 Å². The van der Waals surface area contributed by atoms with E-state index in [1.54, 1.807) is 6.92 Å². The Bertz CT molecular complexity index is 903. The smallest absolute Gasteiger partial charge is 0.306 e. The van der Waals surface area contributed by atoms with Crippen LogP contribution in [-0.2, 0) is 9.53 Å². The lowest BCUT2D eigenvalue weighted by Crippen LogP contribution is -2.09. The van der Waals surface area contributed by atoms with Gasteiger partial charge >= 0.3 is 5.97 Å². The van der Waals surface area contributed by atoms with Crippen LogP contribution in [-0.4, -0.2) is 28.3 Å². The minimum Gasteiger partial charge on any atom is -0.466 e. The minimum atomic E-state index is -0.240. The van der Waals surface area contributed by atoms with E-state index in [2.05, 4.69) is 9.97 Å². The molecule has 24 heavy (non-hydrogen) atoms. The summed E-state index contributed by atoms with van der Waals surface area (Å²) in [7, 11) is 0. The minimum absolute atomic E-state index is 0.154. The number of aromatic nitrogens is 2. The molecule has 2 aromatic heterocycles. The van der Waals surface area contributed by atoms with Gasteiger partial charge in [-0.3, -0.25) is 9.59 Å². The molecular weight excluding hydrogens is 344 g/mol. The molecule has 0 aliphatic heterocycles.